The number of aliphatic hydroxyl groups is 1. The van der Waals surface area contributed by atoms with E-state index in [9.17, 15) is 0 Å². The Morgan fingerprint density at radius 3 is 3.17 bits per heavy atom. The van der Waals surface area contributed by atoms with Gasteiger partial charge in [-0.2, -0.15) is 5.10 Å². The number of hydrogen-bond acceptors (Lipinski definition) is 4. The zero-order valence-corrected chi connectivity index (χ0v) is 11.2. The minimum Gasteiger partial charge on any atom is -0.394 e. The van der Waals surface area contributed by atoms with Crippen molar-refractivity contribution in [3.8, 4) is 0 Å². The molecule has 1 atom stereocenters. The quantitative estimate of drug-likeness (QED) is 0.772. The van der Waals surface area contributed by atoms with Gasteiger partial charge in [0.1, 0.15) is 0 Å². The van der Waals surface area contributed by atoms with Gasteiger partial charge in [-0.25, -0.2) is 0 Å². The zero-order valence-electron chi connectivity index (χ0n) is 11.2. The van der Waals surface area contributed by atoms with Crippen molar-refractivity contribution in [1.82, 2.24) is 20.0 Å². The van der Waals surface area contributed by atoms with Crippen LogP contribution in [0.4, 0.5) is 0 Å². The maximum atomic E-state index is 8.88. The van der Waals surface area contributed by atoms with Gasteiger partial charge in [-0.1, -0.05) is 6.92 Å². The summed E-state index contributed by atoms with van der Waals surface area (Å²) in [5, 5.41) is 16.6. The normalized spacial score (nSPS) is 20.5. The summed E-state index contributed by atoms with van der Waals surface area (Å²) in [4.78, 5) is 2.51. The topological polar surface area (TPSA) is 53.3 Å². The summed E-state index contributed by atoms with van der Waals surface area (Å²) in [6, 6.07) is 0.643. The van der Waals surface area contributed by atoms with E-state index >= 15 is 0 Å². The number of likely N-dealkylation sites (N-methyl/N-ethyl adjacent to an activating group) is 1. The van der Waals surface area contributed by atoms with E-state index in [1.54, 1.807) is 0 Å². The summed E-state index contributed by atoms with van der Waals surface area (Å²) < 4.78 is 1.81. The van der Waals surface area contributed by atoms with Crippen LogP contribution >= 0.6 is 0 Å². The number of aliphatic hydroxyl groups excluding tert-OH is 1. The third kappa shape index (κ3) is 3.54. The zero-order chi connectivity index (χ0) is 12.8. The highest BCUT2D eigenvalue weighted by molar-refractivity contribution is 5.04. The van der Waals surface area contributed by atoms with Crippen molar-refractivity contribution in [1.29, 1.82) is 0 Å². The van der Waals surface area contributed by atoms with Crippen LogP contribution in [-0.4, -0.2) is 52.1 Å². The Kier molecular flexibility index (Phi) is 5.16. The first kappa shape index (κ1) is 13.5. The third-order valence-electron chi connectivity index (χ3n) is 3.59. The minimum atomic E-state index is 0.144. The van der Waals surface area contributed by atoms with E-state index in [0.29, 0.717) is 12.6 Å². The van der Waals surface area contributed by atoms with Crippen LogP contribution in [0.2, 0.25) is 0 Å². The molecule has 0 saturated carbocycles. The number of nitrogens with one attached hydrogen (secondary N) is 1. The van der Waals surface area contributed by atoms with Crippen LogP contribution in [0.25, 0.3) is 0 Å². The van der Waals surface area contributed by atoms with Gasteiger partial charge in [-0.05, 0) is 25.9 Å². The Morgan fingerprint density at radius 2 is 2.50 bits per heavy atom. The largest absolute Gasteiger partial charge is 0.394 e. The van der Waals surface area contributed by atoms with Crippen LogP contribution in [0.5, 0.6) is 0 Å². The summed E-state index contributed by atoms with van der Waals surface area (Å²) in [6.07, 6.45) is 6.50. The Hall–Kier alpha value is -0.910. The molecule has 18 heavy (non-hydrogen) atoms. The molecule has 0 aromatic carbocycles. The predicted molar refractivity (Wildman–Crippen MR) is 71.3 cm³/mol. The Labute approximate surface area is 109 Å². The summed E-state index contributed by atoms with van der Waals surface area (Å²) in [5.41, 5.74) is 1.23. The molecule has 1 unspecified atom stereocenters. The molecule has 5 nitrogen and oxygen atoms in total. The second-order valence-corrected chi connectivity index (χ2v) is 4.90. The fraction of sp³-hybridized carbons (Fsp3) is 0.769. The van der Waals surface area contributed by atoms with Crippen LogP contribution in [0.3, 0.4) is 0 Å². The second-order valence-electron chi connectivity index (χ2n) is 4.90. The third-order valence-corrected chi connectivity index (χ3v) is 3.59. The second kappa shape index (κ2) is 6.87. The van der Waals surface area contributed by atoms with Crippen LogP contribution in [-0.2, 0) is 13.1 Å². The lowest BCUT2D eigenvalue weighted by Crippen LogP contribution is -2.45. The predicted octanol–water partition coefficient (Wildman–Crippen LogP) is 0.449. The molecule has 1 aromatic rings. The van der Waals surface area contributed by atoms with E-state index in [1.165, 1.54) is 18.4 Å². The fourth-order valence-electron chi connectivity index (χ4n) is 2.59. The van der Waals surface area contributed by atoms with Crippen LogP contribution in [0, 0.1) is 0 Å². The van der Waals surface area contributed by atoms with Gasteiger partial charge in [0.2, 0.25) is 0 Å². The number of piperidine rings is 1. The summed E-state index contributed by atoms with van der Waals surface area (Å²) in [5.74, 6) is 0. The summed E-state index contributed by atoms with van der Waals surface area (Å²) >= 11 is 0. The van der Waals surface area contributed by atoms with Crippen molar-refractivity contribution in [3.63, 3.8) is 0 Å². The fourth-order valence-corrected chi connectivity index (χ4v) is 2.59. The van der Waals surface area contributed by atoms with E-state index in [4.69, 9.17) is 5.11 Å². The molecular formula is C13H24N4O. The van der Waals surface area contributed by atoms with E-state index in [-0.39, 0.29) is 6.61 Å². The van der Waals surface area contributed by atoms with Crippen LogP contribution < -0.4 is 5.32 Å². The molecule has 0 amide bonds. The van der Waals surface area contributed by atoms with Gasteiger partial charge in [-0.15, -0.1) is 0 Å². The van der Waals surface area contributed by atoms with Crippen molar-refractivity contribution in [3.05, 3.63) is 18.0 Å². The first-order valence-corrected chi connectivity index (χ1v) is 6.90. The highest BCUT2D eigenvalue weighted by atomic mass is 16.3. The molecule has 2 heterocycles. The maximum Gasteiger partial charge on any atom is 0.0640 e. The van der Waals surface area contributed by atoms with E-state index in [2.05, 4.69) is 22.2 Å². The number of hydrogen-bond donors (Lipinski definition) is 2. The van der Waals surface area contributed by atoms with Crippen molar-refractivity contribution in [2.75, 3.05) is 26.2 Å². The van der Waals surface area contributed by atoms with Gasteiger partial charge < -0.3 is 10.4 Å². The van der Waals surface area contributed by atoms with Crippen molar-refractivity contribution >= 4 is 0 Å². The highest BCUT2D eigenvalue weighted by Crippen LogP contribution is 2.13. The molecular weight excluding hydrogens is 228 g/mol. The average molecular weight is 252 g/mol. The van der Waals surface area contributed by atoms with Gasteiger partial charge in [0.15, 0.2) is 0 Å². The van der Waals surface area contributed by atoms with E-state index in [1.807, 2.05) is 17.1 Å². The van der Waals surface area contributed by atoms with E-state index < -0.39 is 0 Å². The van der Waals surface area contributed by atoms with Gasteiger partial charge in [0.25, 0.3) is 0 Å². The molecule has 0 radical (unpaired) electrons. The average Bonchev–Trinajstić information content (AvgIpc) is 2.85. The SMILES string of the molecule is CCN(Cc1cnn(CCO)c1)C1CCCNC1. The van der Waals surface area contributed by atoms with Crippen molar-refractivity contribution < 1.29 is 5.11 Å². The number of rotatable bonds is 6. The molecule has 0 aliphatic carbocycles. The lowest BCUT2D eigenvalue weighted by Gasteiger charge is -2.33. The molecule has 1 aromatic heterocycles. The van der Waals surface area contributed by atoms with Gasteiger partial charge >= 0.3 is 0 Å². The van der Waals surface area contributed by atoms with E-state index in [0.717, 1.165) is 26.2 Å². The minimum absolute atomic E-state index is 0.144. The molecule has 0 bridgehead atoms. The highest BCUT2D eigenvalue weighted by Gasteiger charge is 2.19. The standard InChI is InChI=1S/C13H24N4O/c1-2-16(13-4-3-5-14-9-13)10-12-8-15-17(11-12)6-7-18/h8,11,13-14,18H,2-7,9-10H2,1H3. The summed E-state index contributed by atoms with van der Waals surface area (Å²) in [7, 11) is 0. The monoisotopic (exact) mass is 252 g/mol. The van der Waals surface area contributed by atoms with Gasteiger partial charge in [0, 0.05) is 30.9 Å². The smallest absolute Gasteiger partial charge is 0.0640 e. The molecule has 2 N–H and O–H groups in total. The Balaban J connectivity index is 1.91. The molecule has 1 aliphatic rings. The number of aromatic nitrogens is 2. The molecule has 5 heteroatoms. The van der Waals surface area contributed by atoms with Gasteiger partial charge in [-0.3, -0.25) is 9.58 Å². The molecule has 0 spiro atoms. The first-order valence-electron chi connectivity index (χ1n) is 6.90. The lowest BCUT2D eigenvalue weighted by atomic mass is 10.1. The molecule has 1 saturated heterocycles. The van der Waals surface area contributed by atoms with Crippen LogP contribution in [0.1, 0.15) is 25.3 Å². The van der Waals surface area contributed by atoms with Crippen molar-refractivity contribution in [2.45, 2.75) is 38.9 Å². The van der Waals surface area contributed by atoms with Crippen molar-refractivity contribution in [2.24, 2.45) is 0 Å². The molecule has 102 valence electrons. The molecule has 1 aliphatic heterocycles. The van der Waals surface area contributed by atoms with Gasteiger partial charge in [0.05, 0.1) is 19.3 Å². The Bertz CT molecular complexity index is 347. The molecule has 1 fully saturated rings. The Morgan fingerprint density at radius 1 is 1.61 bits per heavy atom. The maximum absolute atomic E-state index is 8.88. The first-order chi connectivity index (χ1) is 8.83. The summed E-state index contributed by atoms with van der Waals surface area (Å²) in [6.45, 7) is 7.21. The van der Waals surface area contributed by atoms with Crippen LogP contribution in [0.15, 0.2) is 12.4 Å². The lowest BCUT2D eigenvalue weighted by molar-refractivity contribution is 0.166. The number of nitrogens with zero attached hydrogens (tertiary/aromatic N) is 3. The molecule has 2 rings (SSSR count).